The molecule has 0 saturated heterocycles. The first kappa shape index (κ1) is 24.2. The lowest BCUT2D eigenvalue weighted by atomic mass is 10.0. The summed E-state index contributed by atoms with van der Waals surface area (Å²) in [4.78, 5) is 27.8. The zero-order valence-corrected chi connectivity index (χ0v) is 16.7. The van der Waals surface area contributed by atoms with Gasteiger partial charge in [0.25, 0.3) is 11.8 Å². The number of pyridine rings is 1. The predicted molar refractivity (Wildman–Crippen MR) is 102 cm³/mol. The SMILES string of the molecule is CCc1nn(CC(CCF)CCF)c(C(=O)Nc2ccnc(C(N)=O)c2)c1C(F)(F)F. The van der Waals surface area contributed by atoms with Crippen LogP contribution >= 0.6 is 0 Å². The van der Waals surface area contributed by atoms with E-state index in [2.05, 4.69) is 15.4 Å². The molecule has 2 aromatic rings. The quantitative estimate of drug-likeness (QED) is 0.544. The number of primary amides is 1. The van der Waals surface area contributed by atoms with E-state index in [9.17, 15) is 31.5 Å². The molecule has 0 saturated carbocycles. The minimum atomic E-state index is -4.89. The predicted octanol–water partition coefficient (Wildman–Crippen LogP) is 3.55. The first-order chi connectivity index (χ1) is 14.6. The Morgan fingerprint density at radius 2 is 1.87 bits per heavy atom. The number of rotatable bonds is 10. The lowest BCUT2D eigenvalue weighted by Gasteiger charge is -2.17. The van der Waals surface area contributed by atoms with E-state index in [1.54, 1.807) is 0 Å². The van der Waals surface area contributed by atoms with Crippen molar-refractivity contribution in [1.29, 1.82) is 0 Å². The summed E-state index contributed by atoms with van der Waals surface area (Å²) >= 11 is 0. The molecule has 0 bridgehead atoms. The van der Waals surface area contributed by atoms with E-state index in [-0.39, 0.29) is 42.9 Å². The number of nitrogens with one attached hydrogen (secondary N) is 1. The molecule has 0 radical (unpaired) electrons. The molecule has 12 heteroatoms. The highest BCUT2D eigenvalue weighted by Gasteiger charge is 2.42. The molecule has 0 aliphatic heterocycles. The molecule has 0 spiro atoms. The third-order valence-electron chi connectivity index (χ3n) is 4.59. The molecule has 2 amide bonds. The second-order valence-corrected chi connectivity index (χ2v) is 6.77. The maximum absolute atomic E-state index is 13.8. The summed E-state index contributed by atoms with van der Waals surface area (Å²) in [5.41, 5.74) is 2.59. The summed E-state index contributed by atoms with van der Waals surface area (Å²) in [6.45, 7) is -0.380. The number of hydrogen-bond acceptors (Lipinski definition) is 4. The second kappa shape index (κ2) is 10.3. The van der Waals surface area contributed by atoms with Gasteiger partial charge < -0.3 is 11.1 Å². The first-order valence-electron chi connectivity index (χ1n) is 9.48. The van der Waals surface area contributed by atoms with E-state index in [4.69, 9.17) is 5.73 Å². The topological polar surface area (TPSA) is 103 Å². The van der Waals surface area contributed by atoms with Gasteiger partial charge in [-0.25, -0.2) is 0 Å². The van der Waals surface area contributed by atoms with Crippen LogP contribution in [0.5, 0.6) is 0 Å². The van der Waals surface area contributed by atoms with Crippen LogP contribution in [0.4, 0.5) is 27.6 Å². The van der Waals surface area contributed by atoms with Crippen molar-refractivity contribution in [3.05, 3.63) is 41.0 Å². The number of carbonyl (C=O) groups excluding carboxylic acids is 2. The number of aromatic nitrogens is 3. The van der Waals surface area contributed by atoms with Crippen molar-refractivity contribution in [2.75, 3.05) is 18.7 Å². The van der Waals surface area contributed by atoms with Crippen molar-refractivity contribution >= 4 is 17.5 Å². The molecule has 3 N–H and O–H groups in total. The molecule has 31 heavy (non-hydrogen) atoms. The van der Waals surface area contributed by atoms with Crippen LogP contribution in [0.1, 0.15) is 52.0 Å². The van der Waals surface area contributed by atoms with E-state index in [0.717, 1.165) is 16.9 Å². The van der Waals surface area contributed by atoms with Crippen molar-refractivity contribution in [3.8, 4) is 0 Å². The second-order valence-electron chi connectivity index (χ2n) is 6.77. The summed E-state index contributed by atoms with van der Waals surface area (Å²) in [6, 6.07) is 2.39. The van der Waals surface area contributed by atoms with Gasteiger partial charge in [0.1, 0.15) is 17.0 Å². The van der Waals surface area contributed by atoms with E-state index in [0.29, 0.717) is 0 Å². The molecule has 2 aromatic heterocycles. The highest BCUT2D eigenvalue weighted by molar-refractivity contribution is 6.05. The number of nitrogens with two attached hydrogens (primary N) is 1. The van der Waals surface area contributed by atoms with Crippen molar-refractivity contribution < 1.29 is 31.5 Å². The molecular formula is C19H22F5N5O2. The average Bonchev–Trinajstić information content (AvgIpc) is 3.07. The van der Waals surface area contributed by atoms with Gasteiger partial charge in [-0.05, 0) is 37.3 Å². The third-order valence-corrected chi connectivity index (χ3v) is 4.59. The van der Waals surface area contributed by atoms with Gasteiger partial charge in [-0.1, -0.05) is 6.92 Å². The Labute approximate surface area is 174 Å². The molecule has 170 valence electrons. The Morgan fingerprint density at radius 3 is 2.39 bits per heavy atom. The van der Waals surface area contributed by atoms with Gasteiger partial charge in [0.05, 0.1) is 19.0 Å². The molecule has 2 rings (SSSR count). The smallest absolute Gasteiger partial charge is 0.364 e. The van der Waals surface area contributed by atoms with Gasteiger partial charge >= 0.3 is 6.18 Å². The van der Waals surface area contributed by atoms with Crippen LogP contribution in [0, 0.1) is 5.92 Å². The minimum absolute atomic E-state index is 0.00297. The maximum atomic E-state index is 13.8. The monoisotopic (exact) mass is 447 g/mol. The number of carbonyl (C=O) groups is 2. The number of halogens is 5. The van der Waals surface area contributed by atoms with Gasteiger partial charge in [0.15, 0.2) is 0 Å². The van der Waals surface area contributed by atoms with Crippen LogP contribution in [0.2, 0.25) is 0 Å². The normalized spacial score (nSPS) is 11.7. The largest absolute Gasteiger partial charge is 0.420 e. The van der Waals surface area contributed by atoms with Crippen LogP contribution < -0.4 is 11.1 Å². The van der Waals surface area contributed by atoms with E-state index < -0.39 is 48.5 Å². The van der Waals surface area contributed by atoms with Crippen molar-refractivity contribution in [2.24, 2.45) is 11.7 Å². The number of alkyl halides is 5. The van der Waals surface area contributed by atoms with Crippen molar-refractivity contribution in [3.63, 3.8) is 0 Å². The van der Waals surface area contributed by atoms with Gasteiger partial charge in [-0.15, -0.1) is 0 Å². The summed E-state index contributed by atoms with van der Waals surface area (Å²) in [5.74, 6) is -2.67. The fourth-order valence-corrected chi connectivity index (χ4v) is 3.13. The van der Waals surface area contributed by atoms with E-state index >= 15 is 0 Å². The Bertz CT molecular complexity index is 923. The van der Waals surface area contributed by atoms with Crippen molar-refractivity contribution in [1.82, 2.24) is 14.8 Å². The Balaban J connectivity index is 2.51. The van der Waals surface area contributed by atoms with E-state index in [1.165, 1.54) is 13.0 Å². The summed E-state index contributed by atoms with van der Waals surface area (Å²) in [6.07, 6.45) is -4.00. The number of anilines is 1. The summed E-state index contributed by atoms with van der Waals surface area (Å²) < 4.78 is 67.8. The number of nitrogens with zero attached hydrogens (tertiary/aromatic N) is 3. The third kappa shape index (κ3) is 5.98. The Hall–Kier alpha value is -3.05. The number of aryl methyl sites for hydroxylation is 1. The molecule has 0 fully saturated rings. The average molecular weight is 447 g/mol. The van der Waals surface area contributed by atoms with Crippen LogP contribution in [-0.2, 0) is 19.1 Å². The molecule has 0 atom stereocenters. The minimum Gasteiger partial charge on any atom is -0.364 e. The molecule has 2 heterocycles. The van der Waals surface area contributed by atoms with Crippen LogP contribution in [0.15, 0.2) is 18.3 Å². The highest BCUT2D eigenvalue weighted by atomic mass is 19.4. The summed E-state index contributed by atoms with van der Waals surface area (Å²) in [7, 11) is 0. The van der Waals surface area contributed by atoms with Gasteiger partial charge in [0, 0.05) is 18.4 Å². The lowest BCUT2D eigenvalue weighted by Crippen LogP contribution is -2.25. The fraction of sp³-hybridized carbons (Fsp3) is 0.474. The van der Waals surface area contributed by atoms with Gasteiger partial charge in [0.2, 0.25) is 0 Å². The van der Waals surface area contributed by atoms with Crippen LogP contribution in [0.3, 0.4) is 0 Å². The van der Waals surface area contributed by atoms with E-state index in [1.807, 2.05) is 0 Å². The maximum Gasteiger partial charge on any atom is 0.420 e. The standard InChI is InChI=1S/C19H22F5N5O2/c1-2-13-15(19(22,23)24)16(29(28-13)10-11(3-6-20)4-7-21)18(31)27-12-5-8-26-14(9-12)17(25)30/h5,8-9,11H,2-4,6-7,10H2,1H3,(H2,25,30)(H,26,27,31). The van der Waals surface area contributed by atoms with Crippen LogP contribution in [0.25, 0.3) is 0 Å². The van der Waals surface area contributed by atoms with Gasteiger partial charge in [-0.3, -0.25) is 28.0 Å². The first-order valence-corrected chi connectivity index (χ1v) is 9.48. The van der Waals surface area contributed by atoms with Gasteiger partial charge in [-0.2, -0.15) is 18.3 Å². The fourth-order valence-electron chi connectivity index (χ4n) is 3.13. The zero-order chi connectivity index (χ0) is 23.2. The summed E-state index contributed by atoms with van der Waals surface area (Å²) in [5, 5.41) is 6.20. The number of hydrogen-bond donors (Lipinski definition) is 2. The molecule has 0 aromatic carbocycles. The molecule has 0 unspecified atom stereocenters. The molecular weight excluding hydrogens is 425 g/mol. The van der Waals surface area contributed by atoms with Crippen LogP contribution in [-0.4, -0.2) is 39.9 Å². The molecule has 0 aliphatic rings. The zero-order valence-electron chi connectivity index (χ0n) is 16.7. The lowest BCUT2D eigenvalue weighted by molar-refractivity contribution is -0.138. The molecule has 7 nitrogen and oxygen atoms in total. The Kier molecular flexibility index (Phi) is 8.06. The highest BCUT2D eigenvalue weighted by Crippen LogP contribution is 2.36. The van der Waals surface area contributed by atoms with Crippen molar-refractivity contribution in [2.45, 2.75) is 38.9 Å². The number of amides is 2. The molecule has 0 aliphatic carbocycles. The Morgan fingerprint density at radius 1 is 1.23 bits per heavy atom.